The summed E-state index contributed by atoms with van der Waals surface area (Å²) in [6, 6.07) is 0. The zero-order valence-electron chi connectivity index (χ0n) is 6.04. The molecule has 1 unspecified atom stereocenters. The van der Waals surface area contributed by atoms with Crippen LogP contribution in [0.5, 0.6) is 0 Å². The molecule has 6 heteroatoms. The molecule has 0 N–H and O–H groups in total. The number of nitrogens with zero attached hydrogens (tertiary/aromatic N) is 2. The molecule has 0 radical (unpaired) electrons. The van der Waals surface area contributed by atoms with Crippen molar-refractivity contribution in [1.82, 2.24) is 0 Å². The van der Waals surface area contributed by atoms with Crippen molar-refractivity contribution in [2.45, 2.75) is 17.4 Å². The fraction of sp³-hybridized carbons (Fsp3) is 0.667. The van der Waals surface area contributed by atoms with Gasteiger partial charge in [-0.15, -0.1) is 11.6 Å². The maximum atomic E-state index is 9.86. The number of isocyanates is 2. The molecule has 0 spiro atoms. The number of alkyl halides is 2. The van der Waals surface area contributed by atoms with Crippen molar-refractivity contribution in [2.75, 3.05) is 5.88 Å². The molecule has 1 atom stereocenters. The van der Waals surface area contributed by atoms with E-state index in [1.807, 2.05) is 0 Å². The van der Waals surface area contributed by atoms with Crippen LogP contribution in [-0.4, -0.2) is 29.0 Å². The highest BCUT2D eigenvalue weighted by Gasteiger charge is 2.16. The first kappa shape index (κ1) is 11.5. The van der Waals surface area contributed by atoms with Gasteiger partial charge in [-0.1, -0.05) is 15.9 Å². The van der Waals surface area contributed by atoms with Gasteiger partial charge < -0.3 is 0 Å². The number of aliphatic imine (C=N–C) groups is 2. The fourth-order valence-corrected chi connectivity index (χ4v) is 1.52. The van der Waals surface area contributed by atoms with Crippen LogP contribution in [0, 0.1) is 0 Å². The zero-order valence-corrected chi connectivity index (χ0v) is 8.38. The Morgan fingerprint density at radius 1 is 1.33 bits per heavy atom. The quantitative estimate of drug-likeness (QED) is 0.422. The largest absolute Gasteiger partial charge is 0.237 e. The lowest BCUT2D eigenvalue weighted by Crippen LogP contribution is -2.16. The summed E-state index contributed by atoms with van der Waals surface area (Å²) in [5.74, 6) is 0.398. The van der Waals surface area contributed by atoms with Gasteiger partial charge in [0.25, 0.3) is 0 Å². The third-order valence-electron chi connectivity index (χ3n) is 1.08. The van der Waals surface area contributed by atoms with Crippen LogP contribution in [0.2, 0.25) is 0 Å². The summed E-state index contributed by atoms with van der Waals surface area (Å²) < 4.78 is 0. The van der Waals surface area contributed by atoms with Gasteiger partial charge in [-0.3, -0.25) is 0 Å². The van der Waals surface area contributed by atoms with Crippen molar-refractivity contribution >= 4 is 39.7 Å². The SMILES string of the molecule is O=C=NC(N=C=O)C(Br)CCCl. The third kappa shape index (κ3) is 4.42. The lowest BCUT2D eigenvalue weighted by Gasteiger charge is -2.08. The van der Waals surface area contributed by atoms with Crippen molar-refractivity contribution < 1.29 is 9.59 Å². The molecular formula is C6H6BrClN2O2. The highest BCUT2D eigenvalue weighted by Crippen LogP contribution is 2.14. The van der Waals surface area contributed by atoms with Gasteiger partial charge in [0, 0.05) is 5.88 Å². The van der Waals surface area contributed by atoms with E-state index >= 15 is 0 Å². The normalized spacial score (nSPS) is 13.8. The first-order valence-corrected chi connectivity index (χ1v) is 4.55. The van der Waals surface area contributed by atoms with Crippen molar-refractivity contribution in [3.8, 4) is 0 Å². The molecule has 0 fully saturated rings. The van der Waals surface area contributed by atoms with Gasteiger partial charge in [-0.25, -0.2) is 9.59 Å². The molecule has 4 nitrogen and oxygen atoms in total. The topological polar surface area (TPSA) is 58.9 Å². The van der Waals surface area contributed by atoms with Crippen molar-refractivity contribution in [3.63, 3.8) is 0 Å². The predicted octanol–water partition coefficient (Wildman–Crippen LogP) is 1.38. The molecule has 0 aromatic rings. The highest BCUT2D eigenvalue weighted by molar-refractivity contribution is 9.09. The molecule has 0 saturated heterocycles. The molecule has 0 aromatic carbocycles. The van der Waals surface area contributed by atoms with Crippen LogP contribution >= 0.6 is 27.5 Å². The minimum Gasteiger partial charge on any atom is -0.211 e. The average molecular weight is 253 g/mol. The number of hydrogen-bond acceptors (Lipinski definition) is 4. The van der Waals surface area contributed by atoms with Crippen LogP contribution < -0.4 is 0 Å². The molecule has 0 aliphatic rings. The molecule has 0 amide bonds. The van der Waals surface area contributed by atoms with E-state index in [2.05, 4.69) is 25.9 Å². The number of hydrogen-bond donors (Lipinski definition) is 0. The first-order valence-electron chi connectivity index (χ1n) is 3.10. The lowest BCUT2D eigenvalue weighted by atomic mass is 10.3. The maximum Gasteiger partial charge on any atom is 0.237 e. The van der Waals surface area contributed by atoms with Crippen LogP contribution in [0.1, 0.15) is 6.42 Å². The van der Waals surface area contributed by atoms with E-state index in [-0.39, 0.29) is 4.83 Å². The summed E-state index contributed by atoms with van der Waals surface area (Å²) in [7, 11) is 0. The monoisotopic (exact) mass is 252 g/mol. The minimum absolute atomic E-state index is 0.224. The van der Waals surface area contributed by atoms with Gasteiger partial charge >= 0.3 is 0 Å². The molecule has 0 aromatic heterocycles. The molecule has 0 aliphatic heterocycles. The first-order chi connectivity index (χ1) is 5.76. The second-order valence-electron chi connectivity index (χ2n) is 1.85. The molecule has 66 valence electrons. The molecule has 0 aliphatic carbocycles. The van der Waals surface area contributed by atoms with E-state index in [1.165, 1.54) is 12.2 Å². The molecule has 0 rings (SSSR count). The summed E-state index contributed by atoms with van der Waals surface area (Å²) in [5, 5.41) is 0. The predicted molar refractivity (Wildman–Crippen MR) is 48.1 cm³/mol. The Kier molecular flexibility index (Phi) is 6.91. The number of halogens is 2. The van der Waals surface area contributed by atoms with Gasteiger partial charge in [0.1, 0.15) is 0 Å². The molecule has 0 bridgehead atoms. The van der Waals surface area contributed by atoms with E-state index in [9.17, 15) is 9.59 Å². The summed E-state index contributed by atoms with van der Waals surface area (Å²) in [6.45, 7) is 0. The molecular weight excluding hydrogens is 247 g/mol. The van der Waals surface area contributed by atoms with E-state index in [0.717, 1.165) is 0 Å². The van der Waals surface area contributed by atoms with Gasteiger partial charge in [0.05, 0.1) is 4.83 Å². The van der Waals surface area contributed by atoms with Crippen molar-refractivity contribution in [3.05, 3.63) is 0 Å². The van der Waals surface area contributed by atoms with Gasteiger partial charge in [-0.05, 0) is 6.42 Å². The van der Waals surface area contributed by atoms with E-state index in [1.54, 1.807) is 0 Å². The van der Waals surface area contributed by atoms with Gasteiger partial charge in [0.15, 0.2) is 6.17 Å². The highest BCUT2D eigenvalue weighted by atomic mass is 79.9. The van der Waals surface area contributed by atoms with Crippen LogP contribution in [0.15, 0.2) is 9.98 Å². The van der Waals surface area contributed by atoms with Crippen molar-refractivity contribution in [2.24, 2.45) is 9.98 Å². The number of carbonyl (C=O) groups excluding carboxylic acids is 2. The smallest absolute Gasteiger partial charge is 0.211 e. The molecule has 0 saturated carbocycles. The number of rotatable bonds is 5. The minimum atomic E-state index is -0.765. The van der Waals surface area contributed by atoms with Crippen molar-refractivity contribution in [1.29, 1.82) is 0 Å². The average Bonchev–Trinajstić information content (AvgIpc) is 2.04. The van der Waals surface area contributed by atoms with Crippen LogP contribution in [0.25, 0.3) is 0 Å². The van der Waals surface area contributed by atoms with Gasteiger partial charge in [-0.2, -0.15) is 9.98 Å². The summed E-state index contributed by atoms with van der Waals surface area (Å²) in [5.41, 5.74) is 0. The van der Waals surface area contributed by atoms with Crippen LogP contribution in [-0.2, 0) is 9.59 Å². The molecule has 0 heterocycles. The third-order valence-corrected chi connectivity index (χ3v) is 2.23. The Hall–Kier alpha value is -0.470. The standard InChI is InChI=1S/C6H6BrClN2O2/c7-5(1-2-8)6(9-3-11)10-4-12/h5-6H,1-2H2. The van der Waals surface area contributed by atoms with E-state index < -0.39 is 6.17 Å². The van der Waals surface area contributed by atoms with Crippen LogP contribution in [0.3, 0.4) is 0 Å². The van der Waals surface area contributed by atoms with Crippen LogP contribution in [0.4, 0.5) is 0 Å². The molecule has 12 heavy (non-hydrogen) atoms. The second-order valence-corrected chi connectivity index (χ2v) is 3.40. The Morgan fingerprint density at radius 3 is 2.17 bits per heavy atom. The summed E-state index contributed by atoms with van der Waals surface area (Å²) in [4.78, 5) is 26.1. The summed E-state index contributed by atoms with van der Waals surface area (Å²) >= 11 is 8.61. The fourth-order valence-electron chi connectivity index (χ4n) is 0.552. The second kappa shape index (κ2) is 7.19. The zero-order chi connectivity index (χ0) is 9.40. The lowest BCUT2D eigenvalue weighted by molar-refractivity contribution is 0.545. The summed E-state index contributed by atoms with van der Waals surface area (Å²) in [6.07, 6.45) is 2.44. The Bertz CT molecular complexity index is 206. The van der Waals surface area contributed by atoms with Gasteiger partial charge in [0.2, 0.25) is 12.2 Å². The van der Waals surface area contributed by atoms with E-state index in [0.29, 0.717) is 12.3 Å². The Labute approximate surface area is 82.8 Å². The Morgan fingerprint density at radius 2 is 1.83 bits per heavy atom. The Balaban J connectivity index is 4.27. The maximum absolute atomic E-state index is 9.86. The van der Waals surface area contributed by atoms with E-state index in [4.69, 9.17) is 11.6 Å².